The Labute approximate surface area is 139 Å². The molecule has 1 saturated heterocycles. The fraction of sp³-hybridized carbons (Fsp3) is 0.471. The number of benzene rings is 1. The van der Waals surface area contributed by atoms with Crippen LogP contribution in [0.2, 0.25) is 0 Å². The monoisotopic (exact) mass is 329 g/mol. The average Bonchev–Trinajstić information content (AvgIpc) is 3.22. The first-order valence-electron chi connectivity index (χ1n) is 8.04. The van der Waals surface area contributed by atoms with E-state index in [1.165, 1.54) is 11.1 Å². The second-order valence-electron chi connectivity index (χ2n) is 6.06. The zero-order valence-corrected chi connectivity index (χ0v) is 13.9. The van der Waals surface area contributed by atoms with Crippen molar-refractivity contribution < 1.29 is 9.32 Å². The summed E-state index contributed by atoms with van der Waals surface area (Å²) in [4.78, 5) is 19.5. The summed E-state index contributed by atoms with van der Waals surface area (Å²) in [7, 11) is 0. The van der Waals surface area contributed by atoms with Gasteiger partial charge in [-0.2, -0.15) is 4.98 Å². The van der Waals surface area contributed by atoms with Crippen molar-refractivity contribution in [3.63, 3.8) is 0 Å². The highest BCUT2D eigenvalue weighted by molar-refractivity contribution is 8.00. The van der Waals surface area contributed by atoms with E-state index >= 15 is 0 Å². The molecule has 1 fully saturated rings. The Kier molecular flexibility index (Phi) is 3.85. The maximum Gasteiger partial charge on any atom is 0.240 e. The molecule has 2 aliphatic rings. The first kappa shape index (κ1) is 14.8. The van der Waals surface area contributed by atoms with E-state index in [1.807, 2.05) is 11.0 Å². The summed E-state index contributed by atoms with van der Waals surface area (Å²) < 4.78 is 5.10. The summed E-state index contributed by atoms with van der Waals surface area (Å²) in [6.07, 6.45) is 2.94. The van der Waals surface area contributed by atoms with Gasteiger partial charge in [0.05, 0.1) is 6.04 Å². The quantitative estimate of drug-likeness (QED) is 0.847. The second kappa shape index (κ2) is 6.00. The Morgan fingerprint density at radius 1 is 1.39 bits per heavy atom. The third-order valence-electron chi connectivity index (χ3n) is 4.59. The van der Waals surface area contributed by atoms with Crippen molar-refractivity contribution in [3.05, 3.63) is 47.1 Å². The van der Waals surface area contributed by atoms with Crippen LogP contribution in [-0.2, 0) is 11.2 Å². The number of fused-ring (bicyclic) bond motifs is 1. The summed E-state index contributed by atoms with van der Waals surface area (Å²) in [5, 5.41) is 3.93. The molecule has 1 aromatic carbocycles. The molecule has 0 unspecified atom stereocenters. The predicted molar refractivity (Wildman–Crippen MR) is 88.1 cm³/mol. The molecule has 1 amide bonds. The van der Waals surface area contributed by atoms with Crippen molar-refractivity contribution in [1.29, 1.82) is 0 Å². The fourth-order valence-corrected chi connectivity index (χ4v) is 4.76. The van der Waals surface area contributed by atoms with E-state index < -0.39 is 0 Å². The smallest absolute Gasteiger partial charge is 0.240 e. The number of nitrogens with zero attached hydrogens (tertiary/aromatic N) is 3. The van der Waals surface area contributed by atoms with Crippen LogP contribution in [0.25, 0.3) is 0 Å². The van der Waals surface area contributed by atoms with Crippen molar-refractivity contribution in [1.82, 2.24) is 15.0 Å². The minimum Gasteiger partial charge on any atom is -0.340 e. The van der Waals surface area contributed by atoms with Crippen LogP contribution in [0.4, 0.5) is 0 Å². The minimum absolute atomic E-state index is 0.0466. The molecule has 6 heteroatoms. The molecular weight excluding hydrogens is 310 g/mol. The van der Waals surface area contributed by atoms with Crippen molar-refractivity contribution in [2.24, 2.45) is 0 Å². The summed E-state index contributed by atoms with van der Waals surface area (Å²) in [5.41, 5.74) is 2.47. The largest absolute Gasteiger partial charge is 0.340 e. The minimum atomic E-state index is -0.103. The molecule has 2 aliphatic heterocycles. The molecule has 23 heavy (non-hydrogen) atoms. The van der Waals surface area contributed by atoms with E-state index in [0.717, 1.165) is 31.6 Å². The molecular formula is C17H19N3O2S. The fourth-order valence-electron chi connectivity index (χ4n) is 3.50. The van der Waals surface area contributed by atoms with Crippen LogP contribution in [-0.4, -0.2) is 33.2 Å². The summed E-state index contributed by atoms with van der Waals surface area (Å²) >= 11 is 1.75. The topological polar surface area (TPSA) is 59.2 Å². The maximum atomic E-state index is 13.2. The third kappa shape index (κ3) is 2.65. The van der Waals surface area contributed by atoms with Crippen LogP contribution in [0, 0.1) is 6.92 Å². The third-order valence-corrected chi connectivity index (χ3v) is 5.82. The average molecular weight is 329 g/mol. The van der Waals surface area contributed by atoms with Crippen LogP contribution in [0.5, 0.6) is 0 Å². The lowest BCUT2D eigenvalue weighted by molar-refractivity contribution is -0.131. The number of carbonyl (C=O) groups is 1. The maximum absolute atomic E-state index is 13.2. The summed E-state index contributed by atoms with van der Waals surface area (Å²) in [5.74, 6) is 2.37. The van der Waals surface area contributed by atoms with Crippen LogP contribution >= 0.6 is 11.8 Å². The summed E-state index contributed by atoms with van der Waals surface area (Å²) in [6.45, 7) is 2.56. The van der Waals surface area contributed by atoms with Crippen molar-refractivity contribution in [2.75, 3.05) is 12.3 Å². The van der Waals surface area contributed by atoms with Gasteiger partial charge in [-0.05, 0) is 36.1 Å². The number of thioether (sulfide) groups is 1. The Hall–Kier alpha value is -1.82. The van der Waals surface area contributed by atoms with E-state index in [-0.39, 0.29) is 17.2 Å². The Morgan fingerprint density at radius 2 is 2.26 bits per heavy atom. The van der Waals surface area contributed by atoms with Crippen LogP contribution in [0.3, 0.4) is 0 Å². The van der Waals surface area contributed by atoms with Gasteiger partial charge in [-0.1, -0.05) is 29.4 Å². The molecule has 2 aromatic rings. The van der Waals surface area contributed by atoms with Crippen molar-refractivity contribution in [2.45, 2.75) is 37.5 Å². The van der Waals surface area contributed by atoms with Gasteiger partial charge >= 0.3 is 0 Å². The summed E-state index contributed by atoms with van der Waals surface area (Å²) in [6, 6.07) is 8.26. The SMILES string of the molecule is Cc1nc([C@@H]2CCCN2C(=O)[C@H]2SCCc3ccccc32)no1. The molecule has 0 aliphatic carbocycles. The van der Waals surface area contributed by atoms with Gasteiger partial charge in [-0.15, -0.1) is 11.8 Å². The van der Waals surface area contributed by atoms with Gasteiger partial charge in [0.25, 0.3) is 0 Å². The lowest BCUT2D eigenvalue weighted by Crippen LogP contribution is -2.35. The number of hydrogen-bond acceptors (Lipinski definition) is 5. The highest BCUT2D eigenvalue weighted by Gasteiger charge is 2.38. The van der Waals surface area contributed by atoms with Gasteiger partial charge in [-0.3, -0.25) is 4.79 Å². The van der Waals surface area contributed by atoms with E-state index in [1.54, 1.807) is 18.7 Å². The van der Waals surface area contributed by atoms with Gasteiger partial charge in [-0.25, -0.2) is 0 Å². The van der Waals surface area contributed by atoms with Crippen LogP contribution < -0.4 is 0 Å². The standard InChI is InChI=1S/C17H19N3O2S/c1-11-18-16(19-22-11)14-7-4-9-20(14)17(21)15-13-6-3-2-5-12(13)8-10-23-15/h2-3,5-6,14-15H,4,7-10H2,1H3/t14-,15-/m0/s1. The van der Waals surface area contributed by atoms with Gasteiger partial charge in [0.2, 0.25) is 11.8 Å². The predicted octanol–water partition coefficient (Wildman–Crippen LogP) is 3.07. The lowest BCUT2D eigenvalue weighted by atomic mass is 10.0. The van der Waals surface area contributed by atoms with Gasteiger partial charge in [0, 0.05) is 13.5 Å². The molecule has 2 atom stereocenters. The molecule has 0 saturated carbocycles. The van der Waals surface area contributed by atoms with Crippen molar-refractivity contribution in [3.8, 4) is 0 Å². The number of carbonyl (C=O) groups excluding carboxylic acids is 1. The van der Waals surface area contributed by atoms with Gasteiger partial charge < -0.3 is 9.42 Å². The first-order valence-corrected chi connectivity index (χ1v) is 9.09. The molecule has 1 aromatic heterocycles. The molecule has 0 spiro atoms. The first-order chi connectivity index (χ1) is 11.2. The van der Waals surface area contributed by atoms with Gasteiger partial charge in [0.15, 0.2) is 5.82 Å². The zero-order valence-electron chi connectivity index (χ0n) is 13.1. The normalized spacial score (nSPS) is 23.8. The van der Waals surface area contributed by atoms with E-state index in [0.29, 0.717) is 11.7 Å². The van der Waals surface area contributed by atoms with E-state index in [9.17, 15) is 4.79 Å². The van der Waals surface area contributed by atoms with E-state index in [2.05, 4.69) is 28.3 Å². The highest BCUT2D eigenvalue weighted by atomic mass is 32.2. The Morgan fingerprint density at radius 3 is 3.09 bits per heavy atom. The molecule has 0 N–H and O–H groups in total. The molecule has 4 rings (SSSR count). The molecule has 5 nitrogen and oxygen atoms in total. The zero-order chi connectivity index (χ0) is 15.8. The van der Waals surface area contributed by atoms with Gasteiger partial charge in [0.1, 0.15) is 5.25 Å². The number of aryl methyl sites for hydroxylation is 2. The molecule has 3 heterocycles. The van der Waals surface area contributed by atoms with Crippen molar-refractivity contribution >= 4 is 17.7 Å². The Balaban J connectivity index is 1.62. The number of amides is 1. The number of aromatic nitrogens is 2. The lowest BCUT2D eigenvalue weighted by Gasteiger charge is -2.30. The molecule has 120 valence electrons. The van der Waals surface area contributed by atoms with E-state index in [4.69, 9.17) is 4.52 Å². The van der Waals surface area contributed by atoms with Crippen LogP contribution in [0.15, 0.2) is 28.8 Å². The number of hydrogen-bond donors (Lipinski definition) is 0. The molecule has 0 radical (unpaired) electrons. The number of likely N-dealkylation sites (tertiary alicyclic amines) is 1. The van der Waals surface area contributed by atoms with Crippen LogP contribution in [0.1, 0.15) is 47.0 Å². The Bertz CT molecular complexity index is 730. The highest BCUT2D eigenvalue weighted by Crippen LogP contribution is 2.41. The molecule has 0 bridgehead atoms. The second-order valence-corrected chi connectivity index (χ2v) is 7.27. The number of rotatable bonds is 2.